The van der Waals surface area contributed by atoms with Gasteiger partial charge in [0.1, 0.15) is 0 Å². The zero-order chi connectivity index (χ0) is 12.5. The number of carbonyl (C=O) groups excluding carboxylic acids is 1. The van der Waals surface area contributed by atoms with Crippen molar-refractivity contribution in [3.8, 4) is 0 Å². The van der Waals surface area contributed by atoms with Crippen LogP contribution < -0.4 is 0 Å². The Morgan fingerprint density at radius 3 is 2.38 bits per heavy atom. The van der Waals surface area contributed by atoms with Gasteiger partial charge in [-0.3, -0.25) is 4.79 Å². The molecule has 0 saturated heterocycles. The Morgan fingerprint density at radius 2 is 1.94 bits per heavy atom. The van der Waals surface area contributed by atoms with Crippen molar-refractivity contribution >= 4 is 51.6 Å². The third kappa shape index (κ3) is 3.01. The molecular formula is C9H4Cl2F3IO. The molecule has 0 amide bonds. The van der Waals surface area contributed by atoms with Crippen LogP contribution in [0.3, 0.4) is 0 Å². The number of carbonyl (C=O) groups is 1. The first kappa shape index (κ1) is 14.1. The molecule has 0 saturated carbocycles. The van der Waals surface area contributed by atoms with Crippen LogP contribution in [0.5, 0.6) is 0 Å². The van der Waals surface area contributed by atoms with Gasteiger partial charge in [-0.05, 0) is 34.7 Å². The smallest absolute Gasteiger partial charge is 0.293 e. The van der Waals surface area contributed by atoms with Crippen molar-refractivity contribution in [2.75, 3.05) is 5.88 Å². The lowest BCUT2D eigenvalue weighted by atomic mass is 10.0. The van der Waals surface area contributed by atoms with Crippen molar-refractivity contribution in [1.29, 1.82) is 0 Å². The van der Waals surface area contributed by atoms with Crippen molar-refractivity contribution in [3.63, 3.8) is 0 Å². The highest BCUT2D eigenvalue weighted by Gasteiger charge is 2.35. The van der Waals surface area contributed by atoms with Crippen LogP contribution in [0.25, 0.3) is 0 Å². The molecule has 1 aromatic rings. The second-order valence-electron chi connectivity index (χ2n) is 2.87. The van der Waals surface area contributed by atoms with Crippen LogP contribution in [0.2, 0.25) is 5.02 Å². The van der Waals surface area contributed by atoms with Gasteiger partial charge < -0.3 is 0 Å². The van der Waals surface area contributed by atoms with Gasteiger partial charge in [0.15, 0.2) is 5.78 Å². The largest absolute Gasteiger partial charge is 0.417 e. The van der Waals surface area contributed by atoms with Crippen molar-refractivity contribution in [1.82, 2.24) is 0 Å². The summed E-state index contributed by atoms with van der Waals surface area (Å²) in [4.78, 5) is 11.3. The van der Waals surface area contributed by atoms with Gasteiger partial charge in [-0.2, -0.15) is 13.2 Å². The fourth-order valence-electron chi connectivity index (χ4n) is 1.08. The first-order valence-corrected chi connectivity index (χ1v) is 5.92. The number of rotatable bonds is 2. The highest BCUT2D eigenvalue weighted by molar-refractivity contribution is 14.1. The fraction of sp³-hybridized carbons (Fsp3) is 0.222. The molecule has 0 aliphatic heterocycles. The number of ketones is 1. The van der Waals surface area contributed by atoms with E-state index in [9.17, 15) is 18.0 Å². The Bertz CT molecular complexity index is 431. The standard InChI is InChI=1S/C9H4Cl2F3IO/c10-3-8(16)4-1-7(15)6(11)2-5(4)9(12,13)14/h1-2H,3H2. The molecule has 0 spiro atoms. The topological polar surface area (TPSA) is 17.1 Å². The van der Waals surface area contributed by atoms with Crippen molar-refractivity contribution in [2.24, 2.45) is 0 Å². The van der Waals surface area contributed by atoms with E-state index >= 15 is 0 Å². The van der Waals surface area contributed by atoms with E-state index in [-0.39, 0.29) is 5.02 Å². The summed E-state index contributed by atoms with van der Waals surface area (Å²) >= 11 is 12.6. The van der Waals surface area contributed by atoms with Gasteiger partial charge in [-0.1, -0.05) is 11.6 Å². The zero-order valence-electron chi connectivity index (χ0n) is 7.54. The van der Waals surface area contributed by atoms with Crippen molar-refractivity contribution in [3.05, 3.63) is 31.9 Å². The van der Waals surface area contributed by atoms with Gasteiger partial charge in [-0.15, -0.1) is 11.6 Å². The van der Waals surface area contributed by atoms with E-state index in [4.69, 9.17) is 23.2 Å². The van der Waals surface area contributed by atoms with Crippen LogP contribution in [0.15, 0.2) is 12.1 Å². The molecule has 0 fully saturated rings. The molecule has 0 atom stereocenters. The quantitative estimate of drug-likeness (QED) is 0.421. The maximum absolute atomic E-state index is 12.6. The summed E-state index contributed by atoms with van der Waals surface area (Å²) in [5, 5.41) is -0.0425. The Balaban J connectivity index is 3.45. The molecule has 0 heterocycles. The first-order valence-electron chi connectivity index (χ1n) is 3.92. The number of hydrogen-bond donors (Lipinski definition) is 0. The predicted octanol–water partition coefficient (Wildman–Crippen LogP) is 4.38. The molecule has 0 N–H and O–H groups in total. The number of halogens is 6. The maximum atomic E-state index is 12.6. The lowest BCUT2D eigenvalue weighted by Crippen LogP contribution is -2.14. The lowest BCUT2D eigenvalue weighted by molar-refractivity contribution is -0.137. The summed E-state index contributed by atoms with van der Waals surface area (Å²) in [6.45, 7) is 0. The molecule has 7 heteroatoms. The molecule has 0 bridgehead atoms. The van der Waals surface area contributed by atoms with E-state index in [0.717, 1.165) is 12.1 Å². The summed E-state index contributed by atoms with van der Waals surface area (Å²) in [7, 11) is 0. The van der Waals surface area contributed by atoms with Crippen molar-refractivity contribution < 1.29 is 18.0 Å². The van der Waals surface area contributed by atoms with E-state index in [1.165, 1.54) is 0 Å². The maximum Gasteiger partial charge on any atom is 0.417 e. The molecule has 0 unspecified atom stereocenters. The second kappa shape index (κ2) is 5.10. The minimum atomic E-state index is -4.62. The molecule has 0 aromatic heterocycles. The third-order valence-corrected chi connectivity index (χ3v) is 3.55. The monoisotopic (exact) mass is 382 g/mol. The minimum absolute atomic E-state index is 0.0425. The molecule has 1 nitrogen and oxygen atoms in total. The Hall–Kier alpha value is -0.0100. The van der Waals surface area contributed by atoms with Crippen LogP contribution in [0.1, 0.15) is 15.9 Å². The summed E-state index contributed by atoms with van der Waals surface area (Å²) in [6.07, 6.45) is -4.62. The molecule has 0 aliphatic carbocycles. The Kier molecular flexibility index (Phi) is 4.48. The number of alkyl halides is 4. The van der Waals surface area contributed by atoms with Gasteiger partial charge in [0.25, 0.3) is 0 Å². The second-order valence-corrected chi connectivity index (χ2v) is 4.70. The molecule has 0 radical (unpaired) electrons. The van der Waals surface area contributed by atoms with E-state index in [2.05, 4.69) is 0 Å². The molecule has 88 valence electrons. The number of Topliss-reactive ketones (excluding diaryl/α,β-unsaturated/α-hetero) is 1. The minimum Gasteiger partial charge on any atom is -0.293 e. The summed E-state index contributed by atoms with van der Waals surface area (Å²) < 4.78 is 38.2. The van der Waals surface area contributed by atoms with Gasteiger partial charge in [0.05, 0.1) is 16.5 Å². The van der Waals surface area contributed by atoms with E-state index in [1.807, 2.05) is 0 Å². The van der Waals surface area contributed by atoms with Crippen LogP contribution >= 0.6 is 45.8 Å². The molecule has 1 aromatic carbocycles. The van der Waals surface area contributed by atoms with Gasteiger partial charge >= 0.3 is 6.18 Å². The number of benzene rings is 1. The average molecular weight is 383 g/mol. The van der Waals surface area contributed by atoms with Crippen LogP contribution in [-0.2, 0) is 6.18 Å². The molecule has 0 aliphatic rings. The van der Waals surface area contributed by atoms with Crippen LogP contribution in [-0.4, -0.2) is 11.7 Å². The van der Waals surface area contributed by atoms with E-state index in [1.54, 1.807) is 22.6 Å². The van der Waals surface area contributed by atoms with Gasteiger partial charge in [-0.25, -0.2) is 0 Å². The average Bonchev–Trinajstić information content (AvgIpc) is 2.18. The normalized spacial score (nSPS) is 11.6. The lowest BCUT2D eigenvalue weighted by Gasteiger charge is -2.12. The molecular weight excluding hydrogens is 379 g/mol. The first-order chi connectivity index (χ1) is 7.27. The summed E-state index contributed by atoms with van der Waals surface area (Å²) in [5.41, 5.74) is -1.50. The van der Waals surface area contributed by atoms with Crippen molar-refractivity contribution in [2.45, 2.75) is 6.18 Å². The van der Waals surface area contributed by atoms with Crippen LogP contribution in [0.4, 0.5) is 13.2 Å². The fourth-order valence-corrected chi connectivity index (χ4v) is 1.86. The Morgan fingerprint density at radius 1 is 1.38 bits per heavy atom. The molecule has 1 rings (SSSR count). The van der Waals surface area contributed by atoms with Crippen LogP contribution in [0, 0.1) is 3.57 Å². The highest BCUT2D eigenvalue weighted by atomic mass is 127. The summed E-state index contributed by atoms with van der Waals surface area (Å²) in [5.74, 6) is -1.27. The van der Waals surface area contributed by atoms with E-state index in [0.29, 0.717) is 3.57 Å². The highest BCUT2D eigenvalue weighted by Crippen LogP contribution is 2.35. The van der Waals surface area contributed by atoms with Gasteiger partial charge in [0.2, 0.25) is 0 Å². The zero-order valence-corrected chi connectivity index (χ0v) is 11.2. The Labute approximate surface area is 113 Å². The number of hydrogen-bond acceptors (Lipinski definition) is 1. The molecule has 16 heavy (non-hydrogen) atoms. The predicted molar refractivity (Wildman–Crippen MR) is 64.2 cm³/mol. The summed E-state index contributed by atoms with van der Waals surface area (Å²) in [6, 6.07) is 1.83. The SMILES string of the molecule is O=C(CCl)c1cc(I)c(Cl)cc1C(F)(F)F. The van der Waals surface area contributed by atoms with E-state index < -0.39 is 29.0 Å². The van der Waals surface area contributed by atoms with Gasteiger partial charge in [0, 0.05) is 9.13 Å². The third-order valence-electron chi connectivity index (χ3n) is 1.79.